The molecule has 0 amide bonds. The number of benzene rings is 1. The number of ether oxygens (including phenoxy) is 2. The summed E-state index contributed by atoms with van der Waals surface area (Å²) in [5.41, 5.74) is 0.245. The third-order valence-electron chi connectivity index (χ3n) is 1.70. The van der Waals surface area contributed by atoms with Crippen molar-refractivity contribution in [2.75, 3.05) is 7.11 Å². The first-order valence-electron chi connectivity index (χ1n) is 4.08. The summed E-state index contributed by atoms with van der Waals surface area (Å²) in [7, 11) is 1.17. The molecule has 0 unspecified atom stereocenters. The molecule has 0 N–H and O–H groups in total. The van der Waals surface area contributed by atoms with Crippen LogP contribution in [0, 0.1) is 10.1 Å². The summed E-state index contributed by atoms with van der Waals surface area (Å²) in [6.07, 6.45) is -0.867. The van der Waals surface area contributed by atoms with E-state index in [0.717, 1.165) is 0 Å². The summed E-state index contributed by atoms with van der Waals surface area (Å²) in [4.78, 5) is 20.7. The van der Waals surface area contributed by atoms with Gasteiger partial charge in [-0.15, -0.1) is 0 Å². The van der Waals surface area contributed by atoms with Gasteiger partial charge >= 0.3 is 6.16 Å². The lowest BCUT2D eigenvalue weighted by Gasteiger charge is -2.03. The van der Waals surface area contributed by atoms with Gasteiger partial charge in [-0.25, -0.2) is 4.79 Å². The molecular formula is C9H9NO5. The first kappa shape index (κ1) is 11.0. The van der Waals surface area contributed by atoms with E-state index < -0.39 is 11.1 Å². The summed E-state index contributed by atoms with van der Waals surface area (Å²) in [6.45, 7) is -0.177. The molecule has 0 atom stereocenters. The lowest BCUT2D eigenvalue weighted by atomic mass is 10.2. The number of para-hydroxylation sites is 1. The van der Waals surface area contributed by atoms with Crippen LogP contribution in [0.2, 0.25) is 0 Å². The third-order valence-corrected chi connectivity index (χ3v) is 1.70. The Bertz CT molecular complexity index is 377. The third kappa shape index (κ3) is 2.94. The smallest absolute Gasteiger partial charge is 0.438 e. The van der Waals surface area contributed by atoms with Crippen molar-refractivity contribution in [1.82, 2.24) is 0 Å². The van der Waals surface area contributed by atoms with Gasteiger partial charge in [0.05, 0.1) is 17.6 Å². The Balaban J connectivity index is 2.76. The molecule has 1 aromatic rings. The molecule has 0 aliphatic heterocycles. The molecule has 0 radical (unpaired) electrons. The molecule has 0 saturated heterocycles. The number of nitro groups is 1. The summed E-state index contributed by atoms with van der Waals surface area (Å²) in [5.74, 6) is 0. The highest BCUT2D eigenvalue weighted by Crippen LogP contribution is 2.18. The van der Waals surface area contributed by atoms with Crippen LogP contribution < -0.4 is 0 Å². The number of methoxy groups -OCH3 is 1. The Labute approximate surface area is 85.6 Å². The maximum Gasteiger partial charge on any atom is 0.508 e. The number of hydrogen-bond donors (Lipinski definition) is 0. The first-order valence-corrected chi connectivity index (χ1v) is 4.08. The van der Waals surface area contributed by atoms with Gasteiger partial charge in [-0.3, -0.25) is 10.1 Å². The molecule has 0 aromatic heterocycles. The van der Waals surface area contributed by atoms with E-state index in [2.05, 4.69) is 9.47 Å². The van der Waals surface area contributed by atoms with Gasteiger partial charge < -0.3 is 9.47 Å². The van der Waals surface area contributed by atoms with Gasteiger partial charge in [-0.05, 0) is 6.07 Å². The van der Waals surface area contributed by atoms with E-state index in [4.69, 9.17) is 0 Å². The zero-order valence-corrected chi connectivity index (χ0v) is 8.00. The molecule has 0 fully saturated rings. The first-order chi connectivity index (χ1) is 7.15. The molecule has 0 heterocycles. The van der Waals surface area contributed by atoms with Gasteiger partial charge in [0, 0.05) is 6.07 Å². The van der Waals surface area contributed by atoms with Gasteiger partial charge in [0.15, 0.2) is 0 Å². The van der Waals surface area contributed by atoms with Crippen LogP contribution in [-0.2, 0) is 16.1 Å². The van der Waals surface area contributed by atoms with Crippen LogP contribution in [0.25, 0.3) is 0 Å². The number of hydrogen-bond acceptors (Lipinski definition) is 5. The quantitative estimate of drug-likeness (QED) is 0.433. The highest BCUT2D eigenvalue weighted by Gasteiger charge is 2.13. The van der Waals surface area contributed by atoms with Crippen LogP contribution in [0.4, 0.5) is 10.5 Å². The van der Waals surface area contributed by atoms with Crippen LogP contribution in [0.5, 0.6) is 0 Å². The summed E-state index contributed by atoms with van der Waals surface area (Å²) in [6, 6.07) is 6.03. The second-order valence-corrected chi connectivity index (χ2v) is 2.63. The molecule has 80 valence electrons. The van der Waals surface area contributed by atoms with Crippen LogP contribution in [-0.4, -0.2) is 18.2 Å². The molecule has 0 saturated carbocycles. The molecule has 0 spiro atoms. The van der Waals surface area contributed by atoms with Crippen molar-refractivity contribution < 1.29 is 19.2 Å². The normalized spacial score (nSPS) is 9.40. The standard InChI is InChI=1S/C9H9NO5/c1-14-9(11)15-6-7-4-2-3-5-8(7)10(12)13/h2-5H,6H2,1H3. The zero-order chi connectivity index (χ0) is 11.3. The highest BCUT2D eigenvalue weighted by atomic mass is 16.7. The van der Waals surface area contributed by atoms with Gasteiger partial charge in [-0.1, -0.05) is 12.1 Å². The molecule has 1 rings (SSSR count). The largest absolute Gasteiger partial charge is 0.508 e. The Hall–Kier alpha value is -2.11. The van der Waals surface area contributed by atoms with Crippen molar-refractivity contribution >= 4 is 11.8 Å². The number of rotatable bonds is 3. The highest BCUT2D eigenvalue weighted by molar-refractivity contribution is 5.59. The molecule has 0 aliphatic carbocycles. The van der Waals surface area contributed by atoms with Crippen molar-refractivity contribution in [2.45, 2.75) is 6.61 Å². The molecule has 1 aromatic carbocycles. The SMILES string of the molecule is COC(=O)OCc1ccccc1[N+](=O)[O-]. The zero-order valence-electron chi connectivity index (χ0n) is 8.00. The van der Waals surface area contributed by atoms with E-state index in [9.17, 15) is 14.9 Å². The summed E-state index contributed by atoms with van der Waals surface area (Å²) >= 11 is 0. The fourth-order valence-corrected chi connectivity index (χ4v) is 1.01. The Kier molecular flexibility index (Phi) is 3.61. The molecule has 6 nitrogen and oxygen atoms in total. The second-order valence-electron chi connectivity index (χ2n) is 2.63. The van der Waals surface area contributed by atoms with Crippen molar-refractivity contribution in [3.63, 3.8) is 0 Å². The molecular weight excluding hydrogens is 202 g/mol. The maximum absolute atomic E-state index is 10.7. The van der Waals surface area contributed by atoms with Crippen LogP contribution in [0.3, 0.4) is 0 Å². The van der Waals surface area contributed by atoms with Crippen molar-refractivity contribution in [3.8, 4) is 0 Å². The van der Waals surface area contributed by atoms with Crippen molar-refractivity contribution in [1.29, 1.82) is 0 Å². The molecule has 0 aliphatic rings. The topological polar surface area (TPSA) is 78.7 Å². The minimum absolute atomic E-state index is 0.0820. The number of nitrogens with zero attached hydrogens (tertiary/aromatic N) is 1. The molecule has 6 heteroatoms. The number of carbonyl (C=O) groups is 1. The van der Waals surface area contributed by atoms with Gasteiger partial charge in [0.25, 0.3) is 5.69 Å². The molecule has 0 bridgehead atoms. The monoisotopic (exact) mass is 211 g/mol. The van der Waals surface area contributed by atoms with Crippen molar-refractivity contribution in [2.24, 2.45) is 0 Å². The second kappa shape index (κ2) is 4.94. The average molecular weight is 211 g/mol. The number of nitro benzene ring substituents is 1. The van der Waals surface area contributed by atoms with E-state index in [0.29, 0.717) is 5.56 Å². The minimum Gasteiger partial charge on any atom is -0.438 e. The predicted molar refractivity (Wildman–Crippen MR) is 50.3 cm³/mol. The Morgan fingerprint density at radius 1 is 1.47 bits per heavy atom. The average Bonchev–Trinajstić information content (AvgIpc) is 2.26. The van der Waals surface area contributed by atoms with E-state index in [-0.39, 0.29) is 12.3 Å². The Morgan fingerprint density at radius 2 is 2.13 bits per heavy atom. The van der Waals surface area contributed by atoms with Crippen molar-refractivity contribution in [3.05, 3.63) is 39.9 Å². The molecule has 15 heavy (non-hydrogen) atoms. The van der Waals surface area contributed by atoms with E-state index >= 15 is 0 Å². The maximum atomic E-state index is 10.7. The lowest BCUT2D eigenvalue weighted by Crippen LogP contribution is -2.05. The van der Waals surface area contributed by atoms with Crippen LogP contribution >= 0.6 is 0 Å². The van der Waals surface area contributed by atoms with Gasteiger partial charge in [0.1, 0.15) is 6.61 Å². The van der Waals surface area contributed by atoms with E-state index in [1.807, 2.05) is 0 Å². The van der Waals surface area contributed by atoms with E-state index in [1.54, 1.807) is 12.1 Å². The predicted octanol–water partition coefficient (Wildman–Crippen LogP) is 1.88. The summed E-state index contributed by atoms with van der Waals surface area (Å²) in [5, 5.41) is 10.6. The van der Waals surface area contributed by atoms with Gasteiger partial charge in [-0.2, -0.15) is 0 Å². The minimum atomic E-state index is -0.867. The fourth-order valence-electron chi connectivity index (χ4n) is 1.01. The number of carbonyl (C=O) groups excluding carboxylic acids is 1. The van der Waals surface area contributed by atoms with E-state index in [1.165, 1.54) is 19.2 Å². The lowest BCUT2D eigenvalue weighted by molar-refractivity contribution is -0.385. The summed E-state index contributed by atoms with van der Waals surface area (Å²) < 4.78 is 8.84. The fraction of sp³-hybridized carbons (Fsp3) is 0.222. The van der Waals surface area contributed by atoms with Gasteiger partial charge in [0.2, 0.25) is 0 Å². The Morgan fingerprint density at radius 3 is 2.73 bits per heavy atom. The van der Waals surface area contributed by atoms with Crippen LogP contribution in [0.1, 0.15) is 5.56 Å². The van der Waals surface area contributed by atoms with Crippen LogP contribution in [0.15, 0.2) is 24.3 Å².